The number of hydrogen-bond donors (Lipinski definition) is 0. The molecule has 0 spiro atoms. The highest BCUT2D eigenvalue weighted by Gasteiger charge is 2.51. The molecule has 0 atom stereocenters. The lowest BCUT2D eigenvalue weighted by molar-refractivity contribution is -0.964. The molecule has 0 N–H and O–H groups in total. The Labute approximate surface area is 89.1 Å². The van der Waals surface area contributed by atoms with Crippen molar-refractivity contribution in [2.45, 2.75) is 53.0 Å². The maximum absolute atomic E-state index is 2.43. The van der Waals surface area contributed by atoms with Crippen LogP contribution in [0.1, 0.15) is 47.0 Å². The number of rotatable bonds is 2. The molecule has 3 fully saturated rings. The fraction of sp³-hybridized carbons (Fsp3) is 1.00. The smallest absolute Gasteiger partial charge is 0.0833 e. The second-order valence-electron chi connectivity index (χ2n) is 6.25. The number of fused-ring (bicyclic) bond motifs is 3. The van der Waals surface area contributed by atoms with Crippen molar-refractivity contribution in [3.8, 4) is 0 Å². The van der Waals surface area contributed by atoms with Crippen LogP contribution in [0.4, 0.5) is 0 Å². The molecule has 1 heteroatoms. The van der Waals surface area contributed by atoms with Crippen molar-refractivity contribution in [3.63, 3.8) is 0 Å². The van der Waals surface area contributed by atoms with Gasteiger partial charge in [-0.2, -0.15) is 0 Å². The summed E-state index contributed by atoms with van der Waals surface area (Å²) in [5.41, 5.74) is 0.731. The monoisotopic (exact) mass is 196 g/mol. The topological polar surface area (TPSA) is 0 Å². The molecule has 0 aromatic heterocycles. The van der Waals surface area contributed by atoms with E-state index in [-0.39, 0.29) is 0 Å². The van der Waals surface area contributed by atoms with Crippen molar-refractivity contribution in [2.24, 2.45) is 11.3 Å². The molecule has 82 valence electrons. The summed E-state index contributed by atoms with van der Waals surface area (Å²) >= 11 is 0. The van der Waals surface area contributed by atoms with E-state index >= 15 is 0 Å². The van der Waals surface area contributed by atoms with Crippen LogP contribution in [0.3, 0.4) is 0 Å². The molecular weight excluding hydrogens is 170 g/mol. The summed E-state index contributed by atoms with van der Waals surface area (Å²) in [7, 11) is 0. The molecule has 0 unspecified atom stereocenters. The van der Waals surface area contributed by atoms with E-state index < -0.39 is 0 Å². The van der Waals surface area contributed by atoms with Crippen molar-refractivity contribution < 1.29 is 4.48 Å². The standard InChI is InChI=1S/C13H26N/c1-11(2)13-5-8-14(9-6-13,10-7-13)12(3)4/h11-12H,5-10H2,1-4H3/q+1. The number of hydrogen-bond acceptors (Lipinski definition) is 0. The van der Waals surface area contributed by atoms with Crippen LogP contribution in [0.15, 0.2) is 0 Å². The molecule has 0 aromatic rings. The highest BCUT2D eigenvalue weighted by molar-refractivity contribution is 4.89. The lowest BCUT2D eigenvalue weighted by Crippen LogP contribution is -2.65. The Kier molecular flexibility index (Phi) is 2.42. The molecular formula is C13H26N+. The second kappa shape index (κ2) is 3.23. The van der Waals surface area contributed by atoms with Crippen LogP contribution < -0.4 is 0 Å². The minimum atomic E-state index is 0.731. The van der Waals surface area contributed by atoms with E-state index in [1.165, 1.54) is 43.4 Å². The summed E-state index contributed by atoms with van der Waals surface area (Å²) in [6, 6.07) is 0.848. The summed E-state index contributed by atoms with van der Waals surface area (Å²) < 4.78 is 1.43. The fourth-order valence-corrected chi connectivity index (χ4v) is 3.69. The molecule has 0 radical (unpaired) electrons. The van der Waals surface area contributed by atoms with Crippen LogP contribution in [0.2, 0.25) is 0 Å². The third-order valence-corrected chi connectivity index (χ3v) is 5.49. The first-order valence-corrected chi connectivity index (χ1v) is 6.37. The minimum absolute atomic E-state index is 0.731. The zero-order valence-electron chi connectivity index (χ0n) is 10.3. The van der Waals surface area contributed by atoms with Crippen LogP contribution in [0, 0.1) is 11.3 Å². The molecule has 0 amide bonds. The summed E-state index contributed by atoms with van der Waals surface area (Å²) in [6.07, 6.45) is 4.47. The Bertz CT molecular complexity index is 169. The largest absolute Gasteiger partial charge is 0.322 e. The number of nitrogens with zero attached hydrogens (tertiary/aromatic N) is 1. The first kappa shape index (κ1) is 10.5. The summed E-state index contributed by atoms with van der Waals surface area (Å²) in [5.74, 6) is 0.900. The molecule has 3 rings (SSSR count). The Morgan fingerprint density at radius 2 is 1.29 bits per heavy atom. The minimum Gasteiger partial charge on any atom is -0.322 e. The third-order valence-electron chi connectivity index (χ3n) is 5.49. The molecule has 0 aliphatic carbocycles. The highest BCUT2D eigenvalue weighted by atomic mass is 15.4. The van der Waals surface area contributed by atoms with E-state index in [2.05, 4.69) is 27.7 Å². The first-order chi connectivity index (χ1) is 6.51. The van der Waals surface area contributed by atoms with Crippen LogP contribution in [0.5, 0.6) is 0 Å². The van der Waals surface area contributed by atoms with E-state index in [0.29, 0.717) is 0 Å². The van der Waals surface area contributed by atoms with Gasteiger partial charge in [-0.15, -0.1) is 0 Å². The average Bonchev–Trinajstić information content (AvgIpc) is 2.20. The van der Waals surface area contributed by atoms with Gasteiger partial charge in [0.15, 0.2) is 0 Å². The maximum atomic E-state index is 2.43. The van der Waals surface area contributed by atoms with Crippen molar-refractivity contribution in [2.75, 3.05) is 19.6 Å². The summed E-state index contributed by atoms with van der Waals surface area (Å²) in [4.78, 5) is 0. The molecule has 3 aliphatic heterocycles. The van der Waals surface area contributed by atoms with Crippen LogP contribution in [-0.2, 0) is 0 Å². The summed E-state index contributed by atoms with van der Waals surface area (Å²) in [6.45, 7) is 14.0. The Hall–Kier alpha value is -0.0400. The quantitative estimate of drug-likeness (QED) is 0.596. The van der Waals surface area contributed by atoms with E-state index in [4.69, 9.17) is 0 Å². The average molecular weight is 196 g/mol. The predicted octanol–water partition coefficient (Wildman–Crippen LogP) is 3.05. The Morgan fingerprint density at radius 3 is 1.57 bits per heavy atom. The highest BCUT2D eigenvalue weighted by Crippen LogP contribution is 2.49. The predicted molar refractivity (Wildman–Crippen MR) is 61.1 cm³/mol. The number of quaternary nitrogens is 1. The Morgan fingerprint density at radius 1 is 0.857 bits per heavy atom. The summed E-state index contributed by atoms with van der Waals surface area (Å²) in [5, 5.41) is 0. The lowest BCUT2D eigenvalue weighted by atomic mass is 9.64. The SMILES string of the molecule is CC(C)C12CC[N+](C(C)C)(CC1)CC2. The molecule has 0 aromatic carbocycles. The van der Waals surface area contributed by atoms with Gasteiger partial charge in [-0.3, -0.25) is 0 Å². The van der Waals surface area contributed by atoms with Crippen molar-refractivity contribution in [3.05, 3.63) is 0 Å². The van der Waals surface area contributed by atoms with Crippen LogP contribution in [0.25, 0.3) is 0 Å². The molecule has 1 nitrogen and oxygen atoms in total. The van der Waals surface area contributed by atoms with Crippen LogP contribution in [-0.4, -0.2) is 30.2 Å². The van der Waals surface area contributed by atoms with Gasteiger partial charge in [0, 0.05) is 19.3 Å². The van der Waals surface area contributed by atoms with Crippen molar-refractivity contribution in [1.29, 1.82) is 0 Å². The lowest BCUT2D eigenvalue weighted by Gasteiger charge is -2.58. The molecule has 2 bridgehead atoms. The van der Waals surface area contributed by atoms with Crippen molar-refractivity contribution >= 4 is 0 Å². The molecule has 0 saturated carbocycles. The number of piperidine rings is 3. The van der Waals surface area contributed by atoms with Gasteiger partial charge in [-0.05, 0) is 25.2 Å². The zero-order valence-corrected chi connectivity index (χ0v) is 10.3. The second-order valence-corrected chi connectivity index (χ2v) is 6.25. The van der Waals surface area contributed by atoms with Gasteiger partial charge in [0.1, 0.15) is 0 Å². The van der Waals surface area contributed by atoms with E-state index in [9.17, 15) is 0 Å². The van der Waals surface area contributed by atoms with Gasteiger partial charge in [0.25, 0.3) is 0 Å². The maximum Gasteiger partial charge on any atom is 0.0833 e. The van der Waals surface area contributed by atoms with E-state index in [1.54, 1.807) is 0 Å². The van der Waals surface area contributed by atoms with Gasteiger partial charge in [-0.25, -0.2) is 0 Å². The van der Waals surface area contributed by atoms with Gasteiger partial charge in [0.05, 0.1) is 25.7 Å². The van der Waals surface area contributed by atoms with Gasteiger partial charge in [-0.1, -0.05) is 13.8 Å². The first-order valence-electron chi connectivity index (χ1n) is 6.37. The molecule has 3 saturated heterocycles. The fourth-order valence-electron chi connectivity index (χ4n) is 3.69. The molecule has 3 heterocycles. The van der Waals surface area contributed by atoms with Gasteiger partial charge in [0.2, 0.25) is 0 Å². The zero-order chi connectivity index (χ0) is 10.4. The third kappa shape index (κ3) is 1.32. The normalized spacial score (nSPS) is 42.4. The van der Waals surface area contributed by atoms with Crippen LogP contribution >= 0.6 is 0 Å². The van der Waals surface area contributed by atoms with Gasteiger partial charge >= 0.3 is 0 Å². The molecule has 3 aliphatic rings. The van der Waals surface area contributed by atoms with Gasteiger partial charge < -0.3 is 4.48 Å². The Balaban J connectivity index is 2.13. The van der Waals surface area contributed by atoms with Crippen molar-refractivity contribution in [1.82, 2.24) is 0 Å². The molecule has 14 heavy (non-hydrogen) atoms. The van der Waals surface area contributed by atoms with E-state index in [0.717, 1.165) is 17.4 Å². The van der Waals surface area contributed by atoms with E-state index in [1.807, 2.05) is 0 Å².